The van der Waals surface area contributed by atoms with Crippen LogP contribution in [0.5, 0.6) is 0 Å². The van der Waals surface area contributed by atoms with Crippen molar-refractivity contribution in [1.82, 2.24) is 14.8 Å². The first-order valence-corrected chi connectivity index (χ1v) is 10.2. The fourth-order valence-corrected chi connectivity index (χ4v) is 4.07. The van der Waals surface area contributed by atoms with Crippen LogP contribution in [0.4, 0.5) is 15.8 Å². The van der Waals surface area contributed by atoms with Crippen LogP contribution in [0.1, 0.15) is 33.3 Å². The molecule has 0 unspecified atom stereocenters. The Bertz CT molecular complexity index is 1500. The summed E-state index contributed by atoms with van der Waals surface area (Å²) in [5.41, 5.74) is 1.97. The number of aryl methyl sites for hydroxylation is 1. The largest absolute Gasteiger partial charge is 0.326 e. The highest BCUT2D eigenvalue weighted by atomic mass is 35.5. The molecule has 8 nitrogen and oxygen atoms in total. The molecule has 0 radical (unpaired) electrons. The summed E-state index contributed by atoms with van der Waals surface area (Å²) in [5.74, 6) is -1.89. The van der Waals surface area contributed by atoms with E-state index in [1.807, 2.05) is 0 Å². The summed E-state index contributed by atoms with van der Waals surface area (Å²) < 4.78 is 15.8. The standard InChI is InChI=1S/C23H15ClFN5O3/c1-11-19-20-16(10-26-21(19)30(28-11)18-8-3-13(24)9-17(18)25)22(32)29(23(20)33)15-6-4-14(5-7-15)27-12(2)31/h3-10H,1-2H3,(H,27,31). The first-order chi connectivity index (χ1) is 15.8. The van der Waals surface area contributed by atoms with Crippen molar-refractivity contribution in [2.45, 2.75) is 13.8 Å². The van der Waals surface area contributed by atoms with Crippen LogP contribution < -0.4 is 10.2 Å². The number of rotatable bonds is 3. The molecule has 0 saturated heterocycles. The van der Waals surface area contributed by atoms with Crippen LogP contribution in [0.2, 0.25) is 5.02 Å². The number of imide groups is 1. The summed E-state index contributed by atoms with van der Waals surface area (Å²) in [7, 11) is 0. The molecule has 0 aliphatic carbocycles. The van der Waals surface area contributed by atoms with E-state index in [0.717, 1.165) is 11.0 Å². The Morgan fingerprint density at radius 3 is 2.48 bits per heavy atom. The molecule has 164 valence electrons. The van der Waals surface area contributed by atoms with E-state index in [2.05, 4.69) is 15.4 Å². The van der Waals surface area contributed by atoms with Crippen molar-refractivity contribution in [3.63, 3.8) is 0 Å². The van der Waals surface area contributed by atoms with Crippen LogP contribution in [-0.4, -0.2) is 32.5 Å². The Morgan fingerprint density at radius 1 is 1.09 bits per heavy atom. The number of hydrogen-bond acceptors (Lipinski definition) is 5. The van der Waals surface area contributed by atoms with Gasteiger partial charge in [0.2, 0.25) is 5.91 Å². The monoisotopic (exact) mass is 463 g/mol. The molecule has 5 rings (SSSR count). The number of amides is 3. The zero-order valence-electron chi connectivity index (χ0n) is 17.4. The van der Waals surface area contributed by atoms with E-state index in [4.69, 9.17) is 11.6 Å². The van der Waals surface area contributed by atoms with Crippen molar-refractivity contribution in [2.24, 2.45) is 0 Å². The van der Waals surface area contributed by atoms with Crippen LogP contribution in [0.25, 0.3) is 16.7 Å². The SMILES string of the molecule is CC(=O)Nc1ccc(N2C(=O)c3cnc4c(c(C)nn4-c4ccc(Cl)cc4F)c3C2=O)cc1. The molecule has 1 aliphatic rings. The van der Waals surface area contributed by atoms with Crippen LogP contribution in [0.15, 0.2) is 48.7 Å². The minimum Gasteiger partial charge on any atom is -0.326 e. The predicted molar refractivity (Wildman–Crippen MR) is 120 cm³/mol. The van der Waals surface area contributed by atoms with Gasteiger partial charge in [0.1, 0.15) is 11.5 Å². The molecule has 3 heterocycles. The number of nitrogens with one attached hydrogen (secondary N) is 1. The molecule has 1 aliphatic heterocycles. The summed E-state index contributed by atoms with van der Waals surface area (Å²) in [6.07, 6.45) is 1.30. The lowest BCUT2D eigenvalue weighted by atomic mass is 10.1. The van der Waals surface area contributed by atoms with Crippen molar-refractivity contribution in [2.75, 3.05) is 10.2 Å². The highest BCUT2D eigenvalue weighted by molar-refractivity contribution is 6.37. The van der Waals surface area contributed by atoms with E-state index in [9.17, 15) is 18.8 Å². The average Bonchev–Trinajstić information content (AvgIpc) is 3.22. The van der Waals surface area contributed by atoms with Gasteiger partial charge in [0.15, 0.2) is 5.65 Å². The molecule has 2 aromatic heterocycles. The lowest BCUT2D eigenvalue weighted by Crippen LogP contribution is -2.29. The lowest BCUT2D eigenvalue weighted by molar-refractivity contribution is -0.114. The van der Waals surface area contributed by atoms with Crippen LogP contribution in [-0.2, 0) is 4.79 Å². The Kier molecular flexibility index (Phi) is 4.71. The van der Waals surface area contributed by atoms with E-state index in [-0.39, 0.29) is 33.4 Å². The van der Waals surface area contributed by atoms with Gasteiger partial charge in [-0.05, 0) is 49.4 Å². The summed E-state index contributed by atoms with van der Waals surface area (Å²) >= 11 is 5.85. The zero-order valence-corrected chi connectivity index (χ0v) is 18.1. The number of carbonyl (C=O) groups excluding carboxylic acids is 3. The molecular formula is C23H15ClFN5O3. The van der Waals surface area contributed by atoms with Crippen LogP contribution in [0.3, 0.4) is 0 Å². The second-order valence-electron chi connectivity index (χ2n) is 7.51. The summed E-state index contributed by atoms with van der Waals surface area (Å²) in [4.78, 5) is 43.1. The van der Waals surface area contributed by atoms with Gasteiger partial charge in [-0.3, -0.25) is 14.4 Å². The minimum atomic E-state index is -0.600. The van der Waals surface area contributed by atoms with Gasteiger partial charge in [-0.25, -0.2) is 19.0 Å². The smallest absolute Gasteiger partial charge is 0.267 e. The number of halogens is 2. The van der Waals surface area contributed by atoms with Crippen LogP contribution in [0, 0.1) is 12.7 Å². The van der Waals surface area contributed by atoms with Crippen molar-refractivity contribution in [3.05, 3.63) is 76.3 Å². The normalized spacial score (nSPS) is 13.0. The molecule has 33 heavy (non-hydrogen) atoms. The third-order valence-corrected chi connectivity index (χ3v) is 5.54. The maximum atomic E-state index is 14.6. The highest BCUT2D eigenvalue weighted by Gasteiger charge is 2.40. The summed E-state index contributed by atoms with van der Waals surface area (Å²) in [6.45, 7) is 3.05. The van der Waals surface area contributed by atoms with Gasteiger partial charge in [-0.2, -0.15) is 5.10 Å². The van der Waals surface area contributed by atoms with Gasteiger partial charge >= 0.3 is 0 Å². The van der Waals surface area contributed by atoms with Gasteiger partial charge in [-0.1, -0.05) is 11.6 Å². The molecule has 10 heteroatoms. The molecule has 0 saturated carbocycles. The van der Waals surface area contributed by atoms with E-state index in [1.165, 1.54) is 29.9 Å². The van der Waals surface area contributed by atoms with Gasteiger partial charge in [-0.15, -0.1) is 0 Å². The molecular weight excluding hydrogens is 449 g/mol. The first-order valence-electron chi connectivity index (χ1n) is 9.86. The summed E-state index contributed by atoms with van der Waals surface area (Å²) in [6, 6.07) is 10.5. The third kappa shape index (κ3) is 3.25. The quantitative estimate of drug-likeness (QED) is 0.457. The topological polar surface area (TPSA) is 97.2 Å². The number of anilines is 2. The van der Waals surface area contributed by atoms with E-state index in [0.29, 0.717) is 22.5 Å². The Labute approximate surface area is 191 Å². The molecule has 0 atom stereocenters. The molecule has 0 spiro atoms. The highest BCUT2D eigenvalue weighted by Crippen LogP contribution is 2.35. The minimum absolute atomic E-state index is 0.118. The van der Waals surface area contributed by atoms with Crippen molar-refractivity contribution < 1.29 is 18.8 Å². The molecule has 0 bridgehead atoms. The Morgan fingerprint density at radius 2 is 1.82 bits per heavy atom. The van der Waals surface area contributed by atoms with E-state index >= 15 is 0 Å². The number of benzene rings is 2. The molecule has 2 aromatic carbocycles. The van der Waals surface area contributed by atoms with E-state index in [1.54, 1.807) is 31.2 Å². The maximum Gasteiger partial charge on any atom is 0.267 e. The first kappa shape index (κ1) is 20.8. The van der Waals surface area contributed by atoms with Gasteiger partial charge in [0.05, 0.1) is 27.9 Å². The van der Waals surface area contributed by atoms with Crippen LogP contribution >= 0.6 is 11.6 Å². The second-order valence-corrected chi connectivity index (χ2v) is 7.95. The van der Waals surface area contributed by atoms with Gasteiger partial charge < -0.3 is 5.32 Å². The number of nitrogens with zero attached hydrogens (tertiary/aromatic N) is 4. The van der Waals surface area contributed by atoms with Crippen molar-refractivity contribution in [3.8, 4) is 5.69 Å². The lowest BCUT2D eigenvalue weighted by Gasteiger charge is -2.14. The van der Waals surface area contributed by atoms with Crippen molar-refractivity contribution >= 4 is 51.7 Å². The zero-order chi connectivity index (χ0) is 23.4. The average molecular weight is 464 g/mol. The fraction of sp³-hybridized carbons (Fsp3) is 0.0870. The summed E-state index contributed by atoms with van der Waals surface area (Å²) in [5, 5.41) is 7.61. The Hall–Kier alpha value is -4.11. The number of hydrogen-bond donors (Lipinski definition) is 1. The number of aromatic nitrogens is 3. The molecule has 1 N–H and O–H groups in total. The molecule has 3 amide bonds. The van der Waals surface area contributed by atoms with Crippen molar-refractivity contribution in [1.29, 1.82) is 0 Å². The number of fused-ring (bicyclic) bond motifs is 3. The third-order valence-electron chi connectivity index (χ3n) is 5.31. The second kappa shape index (κ2) is 7.49. The Balaban J connectivity index is 1.62. The number of carbonyl (C=O) groups is 3. The fourth-order valence-electron chi connectivity index (χ4n) is 3.91. The van der Waals surface area contributed by atoms with E-state index < -0.39 is 17.6 Å². The van der Waals surface area contributed by atoms with Gasteiger partial charge in [0.25, 0.3) is 11.8 Å². The molecule has 0 fully saturated rings. The predicted octanol–water partition coefficient (Wildman–Crippen LogP) is 4.28. The van der Waals surface area contributed by atoms with Gasteiger partial charge in [0, 0.05) is 23.8 Å². The molecule has 4 aromatic rings. The maximum absolute atomic E-state index is 14.6. The number of pyridine rings is 1.